The second-order valence-corrected chi connectivity index (χ2v) is 8.37. The standard InChI is InChI=1S/C16H24N2OS/c1-10-5-6-11(2)18(9-10)15-17-12-7-16(3,4)8-13(19)14(12)20-15/h10-11H,5-9H2,1-4H3. The van der Waals surface area contributed by atoms with Gasteiger partial charge in [-0.1, -0.05) is 32.1 Å². The molecule has 0 bridgehead atoms. The molecule has 2 heterocycles. The highest BCUT2D eigenvalue weighted by molar-refractivity contribution is 7.17. The molecule has 1 aromatic heterocycles. The summed E-state index contributed by atoms with van der Waals surface area (Å²) >= 11 is 1.62. The van der Waals surface area contributed by atoms with Crippen LogP contribution in [0.25, 0.3) is 0 Å². The largest absolute Gasteiger partial charge is 0.345 e. The summed E-state index contributed by atoms with van der Waals surface area (Å²) in [4.78, 5) is 20.5. The number of ketones is 1. The lowest BCUT2D eigenvalue weighted by Crippen LogP contribution is -2.41. The molecule has 1 aliphatic carbocycles. The summed E-state index contributed by atoms with van der Waals surface area (Å²) in [7, 11) is 0. The van der Waals surface area contributed by atoms with Gasteiger partial charge in [-0.2, -0.15) is 0 Å². The maximum atomic E-state index is 12.3. The number of Topliss-reactive ketones (excluding diaryl/α,β-unsaturated/α-hetero) is 1. The molecule has 2 atom stereocenters. The SMILES string of the molecule is CC1CCC(C)N(c2nc3c(s2)C(=O)CC(C)(C)C3)C1. The molecule has 3 rings (SSSR count). The van der Waals surface area contributed by atoms with E-state index in [1.807, 2.05) is 0 Å². The molecule has 0 N–H and O–H groups in total. The normalized spacial score (nSPS) is 29.4. The number of carbonyl (C=O) groups excluding carboxylic acids is 1. The number of aromatic nitrogens is 1. The highest BCUT2D eigenvalue weighted by atomic mass is 32.1. The molecule has 1 aliphatic heterocycles. The molecule has 1 aromatic rings. The van der Waals surface area contributed by atoms with E-state index in [0.717, 1.165) is 34.6 Å². The van der Waals surface area contributed by atoms with Crippen LogP contribution < -0.4 is 4.90 Å². The number of thiazole rings is 1. The van der Waals surface area contributed by atoms with Crippen LogP contribution in [0, 0.1) is 11.3 Å². The first-order chi connectivity index (χ1) is 9.35. The lowest BCUT2D eigenvalue weighted by Gasteiger charge is -2.36. The lowest BCUT2D eigenvalue weighted by atomic mass is 9.78. The van der Waals surface area contributed by atoms with Crippen LogP contribution in [-0.4, -0.2) is 23.4 Å². The van der Waals surface area contributed by atoms with Gasteiger partial charge in [0, 0.05) is 19.0 Å². The zero-order valence-corrected chi connectivity index (χ0v) is 13.7. The maximum absolute atomic E-state index is 12.3. The lowest BCUT2D eigenvalue weighted by molar-refractivity contribution is 0.0916. The van der Waals surface area contributed by atoms with Crippen molar-refractivity contribution in [3.63, 3.8) is 0 Å². The Labute approximate surface area is 125 Å². The molecule has 0 saturated carbocycles. The van der Waals surface area contributed by atoms with Crippen LogP contribution in [-0.2, 0) is 6.42 Å². The Morgan fingerprint density at radius 3 is 2.75 bits per heavy atom. The highest BCUT2D eigenvalue weighted by Crippen LogP contribution is 2.40. The third-order valence-electron chi connectivity index (χ3n) is 4.59. The van der Waals surface area contributed by atoms with E-state index in [-0.39, 0.29) is 11.2 Å². The van der Waals surface area contributed by atoms with E-state index in [4.69, 9.17) is 4.98 Å². The summed E-state index contributed by atoms with van der Waals surface area (Å²) in [6.07, 6.45) is 4.12. The second kappa shape index (κ2) is 4.83. The van der Waals surface area contributed by atoms with E-state index in [1.165, 1.54) is 12.8 Å². The first kappa shape index (κ1) is 14.1. The van der Waals surface area contributed by atoms with Gasteiger partial charge in [-0.15, -0.1) is 0 Å². The van der Waals surface area contributed by atoms with Crippen molar-refractivity contribution in [2.75, 3.05) is 11.4 Å². The molecule has 2 unspecified atom stereocenters. The number of nitrogens with zero attached hydrogens (tertiary/aromatic N) is 2. The summed E-state index contributed by atoms with van der Waals surface area (Å²) in [5.74, 6) is 1.01. The number of carbonyl (C=O) groups is 1. The minimum Gasteiger partial charge on any atom is -0.345 e. The molecule has 20 heavy (non-hydrogen) atoms. The van der Waals surface area contributed by atoms with Gasteiger partial charge in [0.25, 0.3) is 0 Å². The molecule has 110 valence electrons. The number of rotatable bonds is 1. The smallest absolute Gasteiger partial charge is 0.186 e. The maximum Gasteiger partial charge on any atom is 0.186 e. The summed E-state index contributed by atoms with van der Waals surface area (Å²) in [5.41, 5.74) is 1.10. The van der Waals surface area contributed by atoms with Crippen LogP contribution >= 0.6 is 11.3 Å². The van der Waals surface area contributed by atoms with Gasteiger partial charge in [0.15, 0.2) is 10.9 Å². The third-order valence-corrected chi connectivity index (χ3v) is 5.76. The molecule has 0 spiro atoms. The minimum absolute atomic E-state index is 0.0657. The van der Waals surface area contributed by atoms with E-state index in [9.17, 15) is 4.79 Å². The molecule has 2 aliphatic rings. The molecular formula is C16H24N2OS. The van der Waals surface area contributed by atoms with Gasteiger partial charge >= 0.3 is 0 Å². The predicted octanol–water partition coefficient (Wildman–Crippen LogP) is 3.92. The summed E-state index contributed by atoms with van der Waals surface area (Å²) in [6.45, 7) is 9.99. The van der Waals surface area contributed by atoms with E-state index in [0.29, 0.717) is 12.5 Å². The van der Waals surface area contributed by atoms with Gasteiger partial charge in [0.2, 0.25) is 0 Å². The van der Waals surface area contributed by atoms with E-state index in [2.05, 4.69) is 32.6 Å². The first-order valence-corrected chi connectivity index (χ1v) is 8.47. The molecule has 1 saturated heterocycles. The van der Waals surface area contributed by atoms with E-state index < -0.39 is 0 Å². The molecule has 0 aromatic carbocycles. The zero-order chi connectivity index (χ0) is 14.5. The van der Waals surface area contributed by atoms with Crippen molar-refractivity contribution in [3.05, 3.63) is 10.6 Å². The van der Waals surface area contributed by atoms with Crippen LogP contribution in [0.4, 0.5) is 5.13 Å². The van der Waals surface area contributed by atoms with Crippen molar-refractivity contribution in [1.82, 2.24) is 4.98 Å². The quantitative estimate of drug-likeness (QED) is 0.786. The van der Waals surface area contributed by atoms with Crippen molar-refractivity contribution in [1.29, 1.82) is 0 Å². The Hall–Kier alpha value is -0.900. The fourth-order valence-corrected chi connectivity index (χ4v) is 4.52. The van der Waals surface area contributed by atoms with Gasteiger partial charge in [-0.3, -0.25) is 4.79 Å². The van der Waals surface area contributed by atoms with Gasteiger partial charge in [0.1, 0.15) is 0 Å². The summed E-state index contributed by atoms with van der Waals surface area (Å²) in [5, 5.41) is 1.07. The first-order valence-electron chi connectivity index (χ1n) is 7.65. The van der Waals surface area contributed by atoms with Crippen molar-refractivity contribution >= 4 is 22.3 Å². The summed E-state index contributed by atoms with van der Waals surface area (Å²) < 4.78 is 0. The van der Waals surface area contributed by atoms with Crippen LogP contribution in [0.5, 0.6) is 0 Å². The Bertz CT molecular complexity index is 535. The van der Waals surface area contributed by atoms with Gasteiger partial charge in [-0.25, -0.2) is 4.98 Å². The Balaban J connectivity index is 1.91. The number of anilines is 1. The van der Waals surface area contributed by atoms with Crippen molar-refractivity contribution in [2.24, 2.45) is 11.3 Å². The minimum atomic E-state index is 0.0657. The van der Waals surface area contributed by atoms with E-state index >= 15 is 0 Å². The predicted molar refractivity (Wildman–Crippen MR) is 83.8 cm³/mol. The Kier molecular flexibility index (Phi) is 3.39. The molecule has 4 heteroatoms. The third kappa shape index (κ3) is 2.50. The average molecular weight is 292 g/mol. The fourth-order valence-electron chi connectivity index (χ4n) is 3.39. The van der Waals surface area contributed by atoms with Crippen molar-refractivity contribution in [2.45, 2.75) is 59.4 Å². The second-order valence-electron chi connectivity index (χ2n) is 7.40. The van der Waals surface area contributed by atoms with Gasteiger partial charge in [-0.05, 0) is 37.5 Å². The van der Waals surface area contributed by atoms with Crippen LogP contribution in [0.2, 0.25) is 0 Å². The molecular weight excluding hydrogens is 268 g/mol. The molecule has 0 radical (unpaired) electrons. The van der Waals surface area contributed by atoms with Crippen molar-refractivity contribution in [3.8, 4) is 0 Å². The Morgan fingerprint density at radius 2 is 2.00 bits per heavy atom. The van der Waals surface area contributed by atoms with Gasteiger partial charge < -0.3 is 4.90 Å². The van der Waals surface area contributed by atoms with Crippen LogP contribution in [0.3, 0.4) is 0 Å². The monoisotopic (exact) mass is 292 g/mol. The molecule has 0 amide bonds. The molecule has 3 nitrogen and oxygen atoms in total. The zero-order valence-electron chi connectivity index (χ0n) is 12.9. The number of hydrogen-bond donors (Lipinski definition) is 0. The number of piperidine rings is 1. The van der Waals surface area contributed by atoms with Crippen molar-refractivity contribution < 1.29 is 4.79 Å². The Morgan fingerprint density at radius 1 is 1.25 bits per heavy atom. The molecule has 1 fully saturated rings. The van der Waals surface area contributed by atoms with E-state index in [1.54, 1.807) is 11.3 Å². The number of fused-ring (bicyclic) bond motifs is 1. The van der Waals surface area contributed by atoms with Crippen LogP contribution in [0.1, 0.15) is 62.3 Å². The average Bonchev–Trinajstić information content (AvgIpc) is 2.74. The number of hydrogen-bond acceptors (Lipinski definition) is 4. The summed E-state index contributed by atoms with van der Waals surface area (Å²) in [6, 6.07) is 0.543. The fraction of sp³-hybridized carbons (Fsp3) is 0.750. The van der Waals surface area contributed by atoms with Crippen LogP contribution in [0.15, 0.2) is 0 Å². The topological polar surface area (TPSA) is 33.2 Å². The highest BCUT2D eigenvalue weighted by Gasteiger charge is 2.35. The van der Waals surface area contributed by atoms with Gasteiger partial charge in [0.05, 0.1) is 10.6 Å².